The molecule has 0 radical (unpaired) electrons. The lowest BCUT2D eigenvalue weighted by Gasteiger charge is -2.28. The Balaban J connectivity index is 2.26. The van der Waals surface area contributed by atoms with Crippen molar-refractivity contribution in [2.24, 2.45) is 0 Å². The van der Waals surface area contributed by atoms with Gasteiger partial charge in [0.25, 0.3) is 0 Å². The predicted octanol–water partition coefficient (Wildman–Crippen LogP) is 2.65. The number of rotatable bonds is 2. The highest BCUT2D eigenvalue weighted by atomic mass is 32.2. The van der Waals surface area contributed by atoms with Crippen molar-refractivity contribution in [2.75, 3.05) is 18.0 Å². The molecule has 2 nitrogen and oxygen atoms in total. The molecule has 0 saturated heterocycles. The minimum absolute atomic E-state index is 1.08. The van der Waals surface area contributed by atoms with Crippen LogP contribution in [0.4, 0.5) is 5.69 Å². The number of aryl methyl sites for hydroxylation is 1. The molecule has 0 spiro atoms. The van der Waals surface area contributed by atoms with E-state index in [9.17, 15) is 0 Å². The van der Waals surface area contributed by atoms with E-state index in [0.717, 1.165) is 6.54 Å². The van der Waals surface area contributed by atoms with Crippen LogP contribution >= 0.6 is 12.2 Å². The van der Waals surface area contributed by atoms with E-state index >= 15 is 0 Å². The van der Waals surface area contributed by atoms with Gasteiger partial charge >= 0.3 is 0 Å². The fourth-order valence-corrected chi connectivity index (χ4v) is 2.31. The predicted molar refractivity (Wildman–Crippen MR) is 56.7 cm³/mol. The summed E-state index contributed by atoms with van der Waals surface area (Å²) in [5.41, 5.74) is 2.74. The number of benzene rings is 1. The molecule has 1 aliphatic rings. The highest BCUT2D eigenvalue weighted by Crippen LogP contribution is 2.31. The van der Waals surface area contributed by atoms with Gasteiger partial charge < -0.3 is 0 Å². The molecule has 0 aromatic heterocycles. The molecule has 0 amide bonds. The van der Waals surface area contributed by atoms with Crippen molar-refractivity contribution in [1.29, 1.82) is 0 Å². The van der Waals surface area contributed by atoms with E-state index in [1.165, 1.54) is 36.3 Å². The Kier molecular flexibility index (Phi) is 2.76. The molecule has 2 rings (SSSR count). The van der Waals surface area contributed by atoms with Gasteiger partial charge in [0.1, 0.15) is 12.2 Å². The molecule has 13 heavy (non-hydrogen) atoms. The lowest BCUT2D eigenvalue weighted by molar-refractivity contribution is 0.486. The van der Waals surface area contributed by atoms with E-state index in [0.29, 0.717) is 0 Å². The quantitative estimate of drug-likeness (QED) is 0.531. The lowest BCUT2D eigenvalue weighted by atomic mass is 10.0. The fourth-order valence-electron chi connectivity index (χ4n) is 1.67. The molecule has 0 unspecified atom stereocenters. The minimum atomic E-state index is 1.08. The molecule has 1 heterocycles. The maximum absolute atomic E-state index is 5.08. The maximum Gasteiger partial charge on any atom is 0.114 e. The summed E-state index contributed by atoms with van der Waals surface area (Å²) >= 11 is 1.43. The molecule has 0 atom stereocenters. The topological polar surface area (TPSA) is 12.5 Å². The van der Waals surface area contributed by atoms with Gasteiger partial charge in [-0.25, -0.2) is 0 Å². The van der Waals surface area contributed by atoms with Gasteiger partial charge in [-0.2, -0.15) is 0 Å². The Bertz CT molecular complexity index is 290. The molecule has 0 aliphatic carbocycles. The second kappa shape index (κ2) is 4.03. The largest absolute Gasteiger partial charge is 0.300 e. The van der Waals surface area contributed by atoms with E-state index < -0.39 is 0 Å². The van der Waals surface area contributed by atoms with E-state index in [-0.39, 0.29) is 0 Å². The Hall–Kier alpha value is -0.670. The third-order valence-corrected chi connectivity index (χ3v) is 2.94. The van der Waals surface area contributed by atoms with Crippen LogP contribution in [0.2, 0.25) is 0 Å². The third-order valence-electron chi connectivity index (χ3n) is 2.23. The molecule has 0 fully saturated rings. The number of anilines is 1. The first kappa shape index (κ1) is 8.91. The second-order valence-corrected chi connectivity index (χ2v) is 4.00. The zero-order valence-corrected chi connectivity index (χ0v) is 8.51. The number of hydrogen-bond acceptors (Lipinski definition) is 3. The van der Waals surface area contributed by atoms with Gasteiger partial charge in [0.15, 0.2) is 0 Å². The molecular formula is C10H13NOS. The average molecular weight is 195 g/mol. The highest BCUT2D eigenvalue weighted by molar-refractivity contribution is 7.96. The van der Waals surface area contributed by atoms with Gasteiger partial charge in [-0.05, 0) is 24.5 Å². The van der Waals surface area contributed by atoms with Crippen LogP contribution in [-0.4, -0.2) is 13.7 Å². The van der Waals surface area contributed by atoms with Crippen LogP contribution in [0, 0.1) is 0 Å². The van der Waals surface area contributed by atoms with Gasteiger partial charge in [0.2, 0.25) is 0 Å². The van der Waals surface area contributed by atoms with E-state index in [1.54, 1.807) is 7.11 Å². The van der Waals surface area contributed by atoms with Gasteiger partial charge in [0.05, 0.1) is 12.8 Å². The molecule has 1 aliphatic heterocycles. The smallest absolute Gasteiger partial charge is 0.114 e. The first-order valence-corrected chi connectivity index (χ1v) is 5.18. The fraction of sp³-hybridized carbons (Fsp3) is 0.400. The summed E-state index contributed by atoms with van der Waals surface area (Å²) in [6.45, 7) is 1.08. The van der Waals surface area contributed by atoms with E-state index in [1.807, 2.05) is 0 Å². The molecule has 1 aromatic rings. The van der Waals surface area contributed by atoms with Crippen molar-refractivity contribution in [2.45, 2.75) is 12.8 Å². The number of hydrogen-bond donors (Lipinski definition) is 0. The maximum atomic E-state index is 5.08. The first-order chi connectivity index (χ1) is 6.42. The number of nitrogens with zero attached hydrogens (tertiary/aromatic N) is 1. The van der Waals surface area contributed by atoms with Crippen molar-refractivity contribution >= 4 is 17.9 Å². The molecule has 70 valence electrons. The summed E-state index contributed by atoms with van der Waals surface area (Å²) in [5, 5.41) is 0. The Morgan fingerprint density at radius 2 is 2.23 bits per heavy atom. The summed E-state index contributed by atoms with van der Waals surface area (Å²) in [5.74, 6) is 0. The van der Waals surface area contributed by atoms with Crippen molar-refractivity contribution < 1.29 is 4.18 Å². The van der Waals surface area contributed by atoms with Gasteiger partial charge in [0, 0.05) is 6.54 Å². The lowest BCUT2D eigenvalue weighted by Crippen LogP contribution is -2.22. The van der Waals surface area contributed by atoms with Crippen molar-refractivity contribution in [1.82, 2.24) is 0 Å². The Morgan fingerprint density at radius 1 is 1.38 bits per heavy atom. The Labute approximate surface area is 83.2 Å². The molecule has 3 heteroatoms. The Morgan fingerprint density at radius 3 is 3.08 bits per heavy atom. The highest BCUT2D eigenvalue weighted by Gasteiger charge is 2.16. The SMILES string of the molecule is COSN1CCCc2ccccc21. The second-order valence-electron chi connectivity index (χ2n) is 3.08. The van der Waals surface area contributed by atoms with Crippen LogP contribution in [0.25, 0.3) is 0 Å². The van der Waals surface area contributed by atoms with Crippen LogP contribution in [0.3, 0.4) is 0 Å². The molecule has 0 bridgehead atoms. The first-order valence-electron chi connectivity index (χ1n) is 4.48. The number of fused-ring (bicyclic) bond motifs is 1. The monoisotopic (exact) mass is 195 g/mol. The summed E-state index contributed by atoms with van der Waals surface area (Å²) < 4.78 is 7.29. The van der Waals surface area contributed by atoms with Crippen LogP contribution in [0.15, 0.2) is 24.3 Å². The summed E-state index contributed by atoms with van der Waals surface area (Å²) in [6, 6.07) is 8.52. The molecule has 1 aromatic carbocycles. The average Bonchev–Trinajstić information content (AvgIpc) is 2.19. The van der Waals surface area contributed by atoms with Crippen molar-refractivity contribution in [3.05, 3.63) is 29.8 Å². The standard InChI is InChI=1S/C10H13NOS/c1-12-13-11-8-4-6-9-5-2-3-7-10(9)11/h2-3,5,7H,4,6,8H2,1H3. The van der Waals surface area contributed by atoms with Crippen molar-refractivity contribution in [3.8, 4) is 0 Å². The van der Waals surface area contributed by atoms with Crippen LogP contribution < -0.4 is 4.31 Å². The molecule has 0 saturated carbocycles. The number of para-hydroxylation sites is 1. The third kappa shape index (κ3) is 1.81. The van der Waals surface area contributed by atoms with E-state index in [4.69, 9.17) is 4.18 Å². The molecular weight excluding hydrogens is 182 g/mol. The summed E-state index contributed by atoms with van der Waals surface area (Å²) in [6.07, 6.45) is 2.41. The van der Waals surface area contributed by atoms with E-state index in [2.05, 4.69) is 28.6 Å². The zero-order valence-electron chi connectivity index (χ0n) is 7.69. The van der Waals surface area contributed by atoms with Gasteiger partial charge in [-0.15, -0.1) is 0 Å². The minimum Gasteiger partial charge on any atom is -0.300 e. The van der Waals surface area contributed by atoms with Gasteiger partial charge in [-0.3, -0.25) is 8.49 Å². The van der Waals surface area contributed by atoms with Crippen molar-refractivity contribution in [3.63, 3.8) is 0 Å². The van der Waals surface area contributed by atoms with Crippen LogP contribution in [0.5, 0.6) is 0 Å². The normalized spacial score (nSPS) is 15.6. The van der Waals surface area contributed by atoms with Gasteiger partial charge in [-0.1, -0.05) is 18.2 Å². The molecule has 0 N–H and O–H groups in total. The van der Waals surface area contributed by atoms with Crippen LogP contribution in [-0.2, 0) is 10.6 Å². The van der Waals surface area contributed by atoms with Crippen LogP contribution in [0.1, 0.15) is 12.0 Å². The zero-order chi connectivity index (χ0) is 9.10. The summed E-state index contributed by atoms with van der Waals surface area (Å²) in [4.78, 5) is 0. The summed E-state index contributed by atoms with van der Waals surface area (Å²) in [7, 11) is 1.71.